The molecule has 0 spiro atoms. The minimum absolute atomic E-state index is 0.0643. The van der Waals surface area contributed by atoms with E-state index in [0.717, 1.165) is 48.1 Å². The number of hydrogen-bond donors (Lipinski definition) is 0. The summed E-state index contributed by atoms with van der Waals surface area (Å²) in [6.07, 6.45) is 2.95. The first-order chi connectivity index (χ1) is 16.7. The SMILES string of the molecule is O=C(c1ccc2ccccc2n1)N(Cc1cccc(OCCc2ccsc2)c1)CC1CCCO1. The van der Waals surface area contributed by atoms with Crippen molar-refractivity contribution in [3.05, 3.63) is 94.3 Å². The Bertz CT molecular complexity index is 1240. The van der Waals surface area contributed by atoms with Gasteiger partial charge in [-0.3, -0.25) is 4.79 Å². The van der Waals surface area contributed by atoms with Gasteiger partial charge in [-0.05, 0) is 65.1 Å². The lowest BCUT2D eigenvalue weighted by atomic mass is 10.1. The molecular formula is C28H28N2O3S. The molecule has 0 bridgehead atoms. The number of carbonyl (C=O) groups is 1. The number of thiophene rings is 1. The topological polar surface area (TPSA) is 51.7 Å². The Kier molecular flexibility index (Phi) is 7.17. The molecule has 5 rings (SSSR count). The van der Waals surface area contributed by atoms with Crippen molar-refractivity contribution < 1.29 is 14.3 Å². The second-order valence-corrected chi connectivity index (χ2v) is 9.37. The molecule has 1 unspecified atom stereocenters. The van der Waals surface area contributed by atoms with Crippen LogP contribution in [0.25, 0.3) is 10.9 Å². The minimum Gasteiger partial charge on any atom is -0.493 e. The second-order valence-electron chi connectivity index (χ2n) is 8.59. The summed E-state index contributed by atoms with van der Waals surface area (Å²) in [5.74, 6) is 0.742. The smallest absolute Gasteiger partial charge is 0.272 e. The molecule has 0 radical (unpaired) electrons. The first-order valence-corrected chi connectivity index (χ1v) is 12.7. The average molecular weight is 473 g/mol. The minimum atomic E-state index is -0.0787. The van der Waals surface area contributed by atoms with Gasteiger partial charge in [0.2, 0.25) is 0 Å². The Morgan fingerprint density at radius 1 is 1.09 bits per heavy atom. The van der Waals surface area contributed by atoms with Crippen molar-refractivity contribution >= 4 is 28.1 Å². The molecule has 5 nitrogen and oxygen atoms in total. The van der Waals surface area contributed by atoms with Gasteiger partial charge in [0, 0.05) is 31.5 Å². The highest BCUT2D eigenvalue weighted by atomic mass is 32.1. The molecule has 6 heteroatoms. The summed E-state index contributed by atoms with van der Waals surface area (Å²) in [5, 5.41) is 5.26. The number of benzene rings is 2. The van der Waals surface area contributed by atoms with Crippen LogP contribution in [0.15, 0.2) is 77.5 Å². The fourth-order valence-electron chi connectivity index (χ4n) is 4.28. The monoisotopic (exact) mass is 472 g/mol. The van der Waals surface area contributed by atoms with E-state index in [1.807, 2.05) is 65.6 Å². The number of carbonyl (C=O) groups excluding carboxylic acids is 1. The summed E-state index contributed by atoms with van der Waals surface area (Å²) in [6, 6.07) is 21.8. The fourth-order valence-corrected chi connectivity index (χ4v) is 4.98. The van der Waals surface area contributed by atoms with Gasteiger partial charge in [0.25, 0.3) is 5.91 Å². The zero-order valence-corrected chi connectivity index (χ0v) is 19.9. The molecule has 2 aromatic heterocycles. The summed E-state index contributed by atoms with van der Waals surface area (Å²) in [5.41, 5.74) is 3.60. The van der Waals surface area contributed by atoms with Crippen LogP contribution >= 0.6 is 11.3 Å². The summed E-state index contributed by atoms with van der Waals surface area (Å²) in [6.45, 7) is 2.42. The Morgan fingerprint density at radius 2 is 2.03 bits per heavy atom. The molecule has 2 aromatic carbocycles. The van der Waals surface area contributed by atoms with Crippen molar-refractivity contribution in [3.63, 3.8) is 0 Å². The zero-order chi connectivity index (χ0) is 23.2. The van der Waals surface area contributed by atoms with Crippen LogP contribution in [-0.4, -0.2) is 41.7 Å². The molecule has 1 atom stereocenters. The molecular weight excluding hydrogens is 444 g/mol. The predicted molar refractivity (Wildman–Crippen MR) is 135 cm³/mol. The third-order valence-corrected chi connectivity index (χ3v) is 6.80. The maximum Gasteiger partial charge on any atom is 0.272 e. The van der Waals surface area contributed by atoms with Gasteiger partial charge in [0.15, 0.2) is 0 Å². The first kappa shape index (κ1) is 22.6. The number of pyridine rings is 1. The molecule has 1 amide bonds. The van der Waals surface area contributed by atoms with E-state index in [0.29, 0.717) is 25.4 Å². The number of amides is 1. The van der Waals surface area contributed by atoms with Crippen LogP contribution in [0.3, 0.4) is 0 Å². The summed E-state index contributed by atoms with van der Waals surface area (Å²) >= 11 is 1.70. The molecule has 1 aliphatic rings. The van der Waals surface area contributed by atoms with Crippen LogP contribution in [0, 0.1) is 0 Å². The molecule has 0 aliphatic carbocycles. The van der Waals surface area contributed by atoms with Crippen molar-refractivity contribution in [1.82, 2.24) is 9.88 Å². The van der Waals surface area contributed by atoms with E-state index >= 15 is 0 Å². The number of aromatic nitrogens is 1. The highest BCUT2D eigenvalue weighted by molar-refractivity contribution is 7.07. The third-order valence-electron chi connectivity index (χ3n) is 6.06. The Balaban J connectivity index is 1.31. The van der Waals surface area contributed by atoms with Crippen molar-refractivity contribution in [2.24, 2.45) is 0 Å². The standard InChI is InChI=1S/C28H28N2O3S/c31-28(27-11-10-23-6-1-2-9-26(23)29-27)30(19-25-8-4-14-32-25)18-22-5-3-7-24(17-22)33-15-12-21-13-16-34-20-21/h1-3,5-7,9-11,13,16-17,20,25H,4,8,12,14-15,18-19H2. The van der Waals surface area contributed by atoms with Gasteiger partial charge in [0.1, 0.15) is 11.4 Å². The lowest BCUT2D eigenvalue weighted by Crippen LogP contribution is -2.37. The highest BCUT2D eigenvalue weighted by Gasteiger charge is 2.24. The van der Waals surface area contributed by atoms with Crippen LogP contribution in [0.1, 0.15) is 34.5 Å². The van der Waals surface area contributed by atoms with E-state index in [1.165, 1.54) is 5.56 Å². The average Bonchev–Trinajstić information content (AvgIpc) is 3.58. The van der Waals surface area contributed by atoms with Crippen molar-refractivity contribution in [2.75, 3.05) is 19.8 Å². The molecule has 1 saturated heterocycles. The maximum atomic E-state index is 13.5. The predicted octanol–water partition coefficient (Wildman–Crippen LogP) is 5.74. The molecule has 3 heterocycles. The van der Waals surface area contributed by atoms with Gasteiger partial charge in [-0.25, -0.2) is 4.98 Å². The van der Waals surface area contributed by atoms with Crippen LogP contribution in [0.2, 0.25) is 0 Å². The molecule has 34 heavy (non-hydrogen) atoms. The van der Waals surface area contributed by atoms with Crippen LogP contribution in [0.4, 0.5) is 0 Å². The number of hydrogen-bond acceptors (Lipinski definition) is 5. The van der Waals surface area contributed by atoms with Crippen LogP contribution < -0.4 is 4.74 Å². The van der Waals surface area contributed by atoms with E-state index in [2.05, 4.69) is 21.8 Å². The van der Waals surface area contributed by atoms with Gasteiger partial charge in [-0.2, -0.15) is 11.3 Å². The number of fused-ring (bicyclic) bond motifs is 1. The Morgan fingerprint density at radius 3 is 2.88 bits per heavy atom. The molecule has 4 aromatic rings. The van der Waals surface area contributed by atoms with E-state index in [-0.39, 0.29) is 12.0 Å². The van der Waals surface area contributed by atoms with Gasteiger partial charge >= 0.3 is 0 Å². The quantitative estimate of drug-likeness (QED) is 0.312. The number of nitrogens with zero attached hydrogens (tertiary/aromatic N) is 2. The summed E-state index contributed by atoms with van der Waals surface area (Å²) < 4.78 is 11.8. The largest absolute Gasteiger partial charge is 0.493 e. The highest BCUT2D eigenvalue weighted by Crippen LogP contribution is 2.21. The third kappa shape index (κ3) is 5.64. The van der Waals surface area contributed by atoms with E-state index in [9.17, 15) is 4.79 Å². The molecule has 1 aliphatic heterocycles. The molecule has 1 fully saturated rings. The lowest BCUT2D eigenvalue weighted by molar-refractivity contribution is 0.0503. The fraction of sp³-hybridized carbons (Fsp3) is 0.286. The van der Waals surface area contributed by atoms with E-state index < -0.39 is 0 Å². The summed E-state index contributed by atoms with van der Waals surface area (Å²) in [4.78, 5) is 20.0. The molecule has 0 N–H and O–H groups in total. The number of para-hydroxylation sites is 1. The van der Waals surface area contributed by atoms with Crippen molar-refractivity contribution in [3.8, 4) is 5.75 Å². The zero-order valence-electron chi connectivity index (χ0n) is 19.1. The van der Waals surface area contributed by atoms with Crippen molar-refractivity contribution in [1.29, 1.82) is 0 Å². The van der Waals surface area contributed by atoms with E-state index in [4.69, 9.17) is 9.47 Å². The number of ether oxygens (including phenoxy) is 2. The van der Waals surface area contributed by atoms with Gasteiger partial charge in [-0.1, -0.05) is 36.4 Å². The number of rotatable bonds is 9. The van der Waals surface area contributed by atoms with Gasteiger partial charge < -0.3 is 14.4 Å². The second kappa shape index (κ2) is 10.8. The van der Waals surface area contributed by atoms with Gasteiger partial charge in [0.05, 0.1) is 18.2 Å². The first-order valence-electron chi connectivity index (χ1n) is 11.7. The Hall–Kier alpha value is -3.22. The van der Waals surface area contributed by atoms with E-state index in [1.54, 1.807) is 11.3 Å². The van der Waals surface area contributed by atoms with Crippen molar-refractivity contribution in [2.45, 2.75) is 31.9 Å². The Labute approximate surface area is 204 Å². The van der Waals surface area contributed by atoms with Gasteiger partial charge in [-0.15, -0.1) is 0 Å². The lowest BCUT2D eigenvalue weighted by Gasteiger charge is -2.25. The van der Waals surface area contributed by atoms with Crippen LogP contribution in [-0.2, 0) is 17.7 Å². The van der Waals surface area contributed by atoms with Crippen LogP contribution in [0.5, 0.6) is 5.75 Å². The normalized spacial score (nSPS) is 15.5. The molecule has 0 saturated carbocycles. The summed E-state index contributed by atoms with van der Waals surface area (Å²) in [7, 11) is 0. The molecule has 174 valence electrons. The maximum absolute atomic E-state index is 13.5.